The number of carbonyl (C=O) groups is 1. The number of rotatable bonds is 8. The minimum Gasteiger partial charge on any atom is -0.424 e. The number of aromatic nitrogens is 5. The van der Waals surface area contributed by atoms with Crippen LogP contribution >= 0.6 is 0 Å². The van der Waals surface area contributed by atoms with Gasteiger partial charge in [-0.15, -0.1) is 0 Å². The van der Waals surface area contributed by atoms with E-state index in [0.717, 1.165) is 50.4 Å². The number of carbonyl (C=O) groups excluding carboxylic acids is 1. The van der Waals surface area contributed by atoms with Crippen molar-refractivity contribution in [3.8, 4) is 11.8 Å². The molecule has 1 saturated heterocycles. The summed E-state index contributed by atoms with van der Waals surface area (Å²) < 4.78 is 6.00. The van der Waals surface area contributed by atoms with E-state index in [1.807, 2.05) is 18.2 Å². The first-order valence-electron chi connectivity index (χ1n) is 12.2. The summed E-state index contributed by atoms with van der Waals surface area (Å²) in [6.07, 6.45) is 4.33. The lowest BCUT2D eigenvalue weighted by Crippen LogP contribution is -2.45. The van der Waals surface area contributed by atoms with Crippen molar-refractivity contribution in [1.29, 1.82) is 0 Å². The Balaban J connectivity index is 1.21. The Morgan fingerprint density at radius 1 is 1.03 bits per heavy atom. The second-order valence-electron chi connectivity index (χ2n) is 9.53. The number of amides is 1. The zero-order valence-electron chi connectivity index (χ0n) is 19.7. The van der Waals surface area contributed by atoms with Crippen LogP contribution in [0.4, 0.5) is 23.4 Å². The molecule has 35 heavy (non-hydrogen) atoms. The highest BCUT2D eigenvalue weighted by atomic mass is 16.5. The second-order valence-corrected chi connectivity index (χ2v) is 9.53. The third-order valence-corrected chi connectivity index (χ3v) is 6.52. The van der Waals surface area contributed by atoms with Crippen molar-refractivity contribution < 1.29 is 9.53 Å². The van der Waals surface area contributed by atoms with E-state index in [-0.39, 0.29) is 17.8 Å². The second kappa shape index (κ2) is 9.14. The number of benzene rings is 1. The molecule has 2 aliphatic carbocycles. The largest absolute Gasteiger partial charge is 0.424 e. The molecule has 0 bridgehead atoms. The summed E-state index contributed by atoms with van der Waals surface area (Å²) in [5.41, 5.74) is 1.88. The monoisotopic (exact) mass is 475 g/mol. The highest BCUT2D eigenvalue weighted by Gasteiger charge is 2.29. The molecule has 0 radical (unpaired) electrons. The molecule has 3 aliphatic rings. The third kappa shape index (κ3) is 5.35. The van der Waals surface area contributed by atoms with Gasteiger partial charge < -0.3 is 25.2 Å². The van der Waals surface area contributed by atoms with E-state index in [4.69, 9.17) is 4.74 Å². The van der Waals surface area contributed by atoms with E-state index >= 15 is 0 Å². The van der Waals surface area contributed by atoms with Crippen LogP contribution in [0.5, 0.6) is 11.8 Å². The van der Waals surface area contributed by atoms with Crippen molar-refractivity contribution in [2.75, 3.05) is 48.8 Å². The lowest BCUT2D eigenvalue weighted by Gasteiger charge is -2.32. The summed E-state index contributed by atoms with van der Waals surface area (Å²) >= 11 is 0. The molecule has 182 valence electrons. The Labute approximate surface area is 203 Å². The molecule has 1 aromatic carbocycles. The standard InChI is InChI=1S/C24H29N9O2/c1-32-10-12-33(13-11-32)23-27-22(26-20-14-19(30-31-20)15-2-3-15)28-24(29-23)35-18-8-6-17(7-9-18)25-21(34)16-4-5-16/h6-9,14-16H,2-5,10-13H2,1H3,(H,25,34)(H2,26,27,28,29,30,31). The third-order valence-electron chi connectivity index (χ3n) is 6.52. The van der Waals surface area contributed by atoms with Gasteiger partial charge in [0.2, 0.25) is 17.8 Å². The first-order valence-corrected chi connectivity index (χ1v) is 12.2. The average molecular weight is 476 g/mol. The van der Waals surface area contributed by atoms with Gasteiger partial charge >= 0.3 is 6.01 Å². The van der Waals surface area contributed by atoms with E-state index in [9.17, 15) is 4.79 Å². The van der Waals surface area contributed by atoms with Crippen LogP contribution in [0.25, 0.3) is 0 Å². The van der Waals surface area contributed by atoms with Gasteiger partial charge in [0.05, 0.1) is 0 Å². The fourth-order valence-corrected chi connectivity index (χ4v) is 4.02. The van der Waals surface area contributed by atoms with E-state index < -0.39 is 0 Å². The number of nitrogens with one attached hydrogen (secondary N) is 3. The van der Waals surface area contributed by atoms with Crippen LogP contribution in [-0.2, 0) is 4.79 Å². The average Bonchev–Trinajstić information content (AvgIpc) is 3.79. The predicted molar refractivity (Wildman–Crippen MR) is 131 cm³/mol. The van der Waals surface area contributed by atoms with Crippen LogP contribution in [0.3, 0.4) is 0 Å². The van der Waals surface area contributed by atoms with Gasteiger partial charge in [0, 0.05) is 55.5 Å². The van der Waals surface area contributed by atoms with Crippen LogP contribution in [0, 0.1) is 5.92 Å². The number of hydrogen-bond donors (Lipinski definition) is 3. The topological polar surface area (TPSA) is 124 Å². The van der Waals surface area contributed by atoms with Gasteiger partial charge in [0.15, 0.2) is 5.82 Å². The Hall–Kier alpha value is -3.73. The first-order chi connectivity index (χ1) is 17.1. The highest BCUT2D eigenvalue weighted by Crippen LogP contribution is 2.39. The van der Waals surface area contributed by atoms with Crippen LogP contribution in [-0.4, -0.2) is 69.2 Å². The zero-order valence-corrected chi connectivity index (χ0v) is 19.7. The SMILES string of the molecule is CN1CCN(c2nc(Nc3cc(C4CC4)[nH]n3)nc(Oc3ccc(NC(=O)C4CC4)cc3)n2)CC1. The summed E-state index contributed by atoms with van der Waals surface area (Å²) in [7, 11) is 2.11. The number of likely N-dealkylation sites (N-methyl/N-ethyl adjacent to an activating group) is 1. The van der Waals surface area contributed by atoms with Crippen LogP contribution < -0.4 is 20.3 Å². The molecule has 11 nitrogen and oxygen atoms in total. The number of ether oxygens (including phenoxy) is 1. The normalized spacial score (nSPS) is 18.4. The Morgan fingerprint density at radius 3 is 2.51 bits per heavy atom. The fourth-order valence-electron chi connectivity index (χ4n) is 4.02. The molecule has 11 heteroatoms. The summed E-state index contributed by atoms with van der Waals surface area (Å²) in [4.78, 5) is 30.1. The maximum atomic E-state index is 12.0. The fraction of sp³-hybridized carbons (Fsp3) is 0.458. The molecule has 2 saturated carbocycles. The molecule has 0 spiro atoms. The minimum atomic E-state index is 0.0758. The van der Waals surface area contributed by atoms with Crippen molar-refractivity contribution >= 4 is 29.3 Å². The van der Waals surface area contributed by atoms with Gasteiger partial charge in [-0.2, -0.15) is 20.1 Å². The van der Waals surface area contributed by atoms with Crippen LogP contribution in [0.15, 0.2) is 30.3 Å². The number of hydrogen-bond acceptors (Lipinski definition) is 9. The molecule has 6 rings (SSSR count). The van der Waals surface area contributed by atoms with Gasteiger partial charge in [0.25, 0.3) is 0 Å². The Morgan fingerprint density at radius 2 is 1.80 bits per heavy atom. The molecular weight excluding hydrogens is 446 g/mol. The van der Waals surface area contributed by atoms with Gasteiger partial charge in [-0.25, -0.2) is 0 Å². The molecule has 2 aromatic heterocycles. The molecule has 1 aliphatic heterocycles. The lowest BCUT2D eigenvalue weighted by molar-refractivity contribution is -0.117. The van der Waals surface area contributed by atoms with Gasteiger partial charge in [-0.05, 0) is 57.0 Å². The number of piperazine rings is 1. The van der Waals surface area contributed by atoms with Crippen LogP contribution in [0.1, 0.15) is 37.3 Å². The molecule has 0 atom stereocenters. The number of nitrogens with zero attached hydrogens (tertiary/aromatic N) is 6. The van der Waals surface area contributed by atoms with Gasteiger partial charge in [-0.1, -0.05) is 0 Å². The molecule has 0 unspecified atom stereocenters. The Kier molecular flexibility index (Phi) is 5.69. The van der Waals surface area contributed by atoms with E-state index in [0.29, 0.717) is 29.4 Å². The summed E-state index contributed by atoms with van der Waals surface area (Å²) in [5, 5.41) is 13.6. The van der Waals surface area contributed by atoms with E-state index in [1.54, 1.807) is 12.1 Å². The maximum absolute atomic E-state index is 12.0. The van der Waals surface area contributed by atoms with Crippen molar-refractivity contribution in [1.82, 2.24) is 30.0 Å². The molecule has 3 fully saturated rings. The van der Waals surface area contributed by atoms with E-state index in [2.05, 4.69) is 52.6 Å². The van der Waals surface area contributed by atoms with Gasteiger partial charge in [0.1, 0.15) is 5.75 Å². The molecular formula is C24H29N9O2. The maximum Gasteiger partial charge on any atom is 0.328 e. The molecule has 1 amide bonds. The minimum absolute atomic E-state index is 0.0758. The first kappa shape index (κ1) is 21.8. The Bertz CT molecular complexity index is 1200. The van der Waals surface area contributed by atoms with Crippen molar-refractivity contribution in [3.63, 3.8) is 0 Å². The van der Waals surface area contributed by atoms with Gasteiger partial charge in [-0.3, -0.25) is 9.89 Å². The molecule has 3 N–H and O–H groups in total. The van der Waals surface area contributed by atoms with E-state index in [1.165, 1.54) is 12.8 Å². The summed E-state index contributed by atoms with van der Waals surface area (Å²) in [6, 6.07) is 9.44. The highest BCUT2D eigenvalue weighted by molar-refractivity contribution is 5.94. The number of H-pyrrole nitrogens is 1. The van der Waals surface area contributed by atoms with Crippen LogP contribution in [0.2, 0.25) is 0 Å². The van der Waals surface area contributed by atoms with Crippen molar-refractivity contribution in [3.05, 3.63) is 36.0 Å². The zero-order chi connectivity index (χ0) is 23.8. The predicted octanol–water partition coefficient (Wildman–Crippen LogP) is 3.11. The van der Waals surface area contributed by atoms with Crippen molar-refractivity contribution in [2.45, 2.75) is 31.6 Å². The number of aromatic amines is 1. The number of anilines is 4. The smallest absolute Gasteiger partial charge is 0.328 e. The quantitative estimate of drug-likeness (QED) is 0.451. The molecule has 3 aromatic rings. The molecule has 3 heterocycles. The lowest BCUT2D eigenvalue weighted by atomic mass is 10.3. The summed E-state index contributed by atoms with van der Waals surface area (Å²) in [6.45, 7) is 3.51. The summed E-state index contributed by atoms with van der Waals surface area (Å²) in [5.74, 6) is 3.00. The van der Waals surface area contributed by atoms with Crippen molar-refractivity contribution in [2.24, 2.45) is 5.92 Å².